The Hall–Kier alpha value is -1.37. The molecule has 0 amide bonds. The highest BCUT2D eigenvalue weighted by molar-refractivity contribution is 7.85. The maximum Gasteiger partial charge on any atom is 0.354 e. The van der Waals surface area contributed by atoms with Crippen LogP contribution in [0.3, 0.4) is 0 Å². The van der Waals surface area contributed by atoms with Crippen molar-refractivity contribution in [3.8, 4) is 0 Å². The van der Waals surface area contributed by atoms with E-state index >= 15 is 0 Å². The lowest BCUT2D eigenvalue weighted by molar-refractivity contribution is 0.0590. The molecule has 0 saturated carbocycles. The molecule has 0 saturated heterocycles. The summed E-state index contributed by atoms with van der Waals surface area (Å²) in [6.45, 7) is 0. The summed E-state index contributed by atoms with van der Waals surface area (Å²) in [6.07, 6.45) is 1.36. The number of esters is 1. The smallest absolute Gasteiger partial charge is 0.354 e. The first-order valence-corrected chi connectivity index (χ1v) is 5.54. The van der Waals surface area contributed by atoms with E-state index in [9.17, 15) is 17.1 Å². The van der Waals surface area contributed by atoms with Crippen molar-refractivity contribution in [2.75, 3.05) is 7.11 Å². The van der Waals surface area contributed by atoms with E-state index in [-0.39, 0.29) is 11.3 Å². The number of rotatable bonds is 3. The van der Waals surface area contributed by atoms with Crippen molar-refractivity contribution in [1.29, 1.82) is 0 Å². The van der Waals surface area contributed by atoms with E-state index in [4.69, 9.17) is 0 Å². The Labute approximate surface area is 86.7 Å². The highest BCUT2D eigenvalue weighted by atomic mass is 32.3. The molecular weight excluding hydrogens is 225 g/mol. The highest BCUT2D eigenvalue weighted by Gasteiger charge is 2.16. The average molecular weight is 235 g/mol. The molecule has 1 rings (SSSR count). The van der Waals surface area contributed by atoms with Gasteiger partial charge in [0.05, 0.1) is 7.11 Å². The summed E-state index contributed by atoms with van der Waals surface area (Å²) in [4.78, 5) is 11.1. The van der Waals surface area contributed by atoms with Crippen LogP contribution in [0.2, 0.25) is 0 Å². The molecule has 0 aliphatic heterocycles. The summed E-state index contributed by atoms with van der Waals surface area (Å²) < 4.78 is 38.9. The highest BCUT2D eigenvalue weighted by Crippen LogP contribution is 2.12. The molecule has 0 aliphatic carbocycles. The predicted molar refractivity (Wildman–Crippen MR) is 50.5 cm³/mol. The average Bonchev–Trinajstić information content (AvgIpc) is 2.42. The number of hydrogen-bond donors (Lipinski definition) is 0. The van der Waals surface area contributed by atoms with Gasteiger partial charge < -0.3 is 9.30 Å². The van der Waals surface area contributed by atoms with Crippen LogP contribution in [0.15, 0.2) is 12.3 Å². The van der Waals surface area contributed by atoms with E-state index in [1.54, 1.807) is 7.05 Å². The van der Waals surface area contributed by atoms with Gasteiger partial charge in [-0.1, -0.05) is 0 Å². The maximum absolute atomic E-state index is 12.3. The fourth-order valence-corrected chi connectivity index (χ4v) is 1.77. The van der Waals surface area contributed by atoms with Gasteiger partial charge in [-0.2, -0.15) is 8.42 Å². The van der Waals surface area contributed by atoms with Crippen LogP contribution in [0.25, 0.3) is 0 Å². The first-order valence-electron chi connectivity index (χ1n) is 3.99. The largest absolute Gasteiger partial charge is 0.464 e. The number of carbonyl (C=O) groups excluding carboxylic acids is 1. The van der Waals surface area contributed by atoms with Crippen molar-refractivity contribution < 1.29 is 21.8 Å². The molecule has 0 fully saturated rings. The van der Waals surface area contributed by atoms with Gasteiger partial charge in [0.25, 0.3) is 0 Å². The Balaban J connectivity index is 3.01. The zero-order valence-corrected chi connectivity index (χ0v) is 9.04. The molecule has 84 valence electrons. The van der Waals surface area contributed by atoms with Crippen LogP contribution in [-0.4, -0.2) is 26.1 Å². The molecule has 5 nitrogen and oxygen atoms in total. The summed E-state index contributed by atoms with van der Waals surface area (Å²) in [7, 11) is -1.83. The van der Waals surface area contributed by atoms with Crippen LogP contribution >= 0.6 is 0 Å². The van der Waals surface area contributed by atoms with E-state index in [1.165, 1.54) is 23.9 Å². The van der Waals surface area contributed by atoms with Crippen molar-refractivity contribution in [2.24, 2.45) is 7.05 Å². The Kier molecular flexibility index (Phi) is 3.13. The Bertz CT molecular complexity index is 477. The number of nitrogens with zero attached hydrogens (tertiary/aromatic N) is 1. The molecule has 1 aromatic rings. The number of halogens is 1. The summed E-state index contributed by atoms with van der Waals surface area (Å²) in [5.74, 6) is -1.34. The Morgan fingerprint density at radius 2 is 2.20 bits per heavy atom. The van der Waals surface area contributed by atoms with Gasteiger partial charge in [0.15, 0.2) is 0 Å². The van der Waals surface area contributed by atoms with Gasteiger partial charge in [-0.25, -0.2) is 4.79 Å². The third kappa shape index (κ3) is 3.05. The predicted octanol–water partition coefficient (Wildman–Crippen LogP) is 0.611. The maximum atomic E-state index is 12.3. The number of methoxy groups -OCH3 is 1. The minimum atomic E-state index is -4.58. The van der Waals surface area contributed by atoms with E-state index in [0.29, 0.717) is 0 Å². The lowest BCUT2D eigenvalue weighted by atomic mass is 10.3. The molecule has 0 N–H and O–H groups in total. The lowest BCUT2D eigenvalue weighted by Crippen LogP contribution is -2.06. The van der Waals surface area contributed by atoms with Gasteiger partial charge in [0, 0.05) is 13.2 Å². The molecule has 15 heavy (non-hydrogen) atoms. The van der Waals surface area contributed by atoms with Gasteiger partial charge in [-0.15, -0.1) is 3.89 Å². The van der Waals surface area contributed by atoms with Gasteiger partial charge >= 0.3 is 16.2 Å². The summed E-state index contributed by atoms with van der Waals surface area (Å²) >= 11 is 0. The second-order valence-corrected chi connectivity index (χ2v) is 4.39. The number of hydrogen-bond acceptors (Lipinski definition) is 4. The molecule has 0 spiro atoms. The second kappa shape index (κ2) is 4.01. The molecule has 0 atom stereocenters. The minimum Gasteiger partial charge on any atom is -0.464 e. The van der Waals surface area contributed by atoms with Crippen LogP contribution in [-0.2, 0) is 27.8 Å². The third-order valence-electron chi connectivity index (χ3n) is 1.80. The molecule has 0 aliphatic rings. The molecular formula is C8H10FNO4S. The summed E-state index contributed by atoms with van der Waals surface area (Å²) in [5.41, 5.74) is 0.386. The van der Waals surface area contributed by atoms with Crippen LogP contribution in [0.4, 0.5) is 3.89 Å². The van der Waals surface area contributed by atoms with Gasteiger partial charge in [0.1, 0.15) is 11.4 Å². The van der Waals surface area contributed by atoms with E-state index < -0.39 is 21.9 Å². The normalized spacial score (nSPS) is 11.4. The summed E-state index contributed by atoms with van der Waals surface area (Å²) in [6, 6.07) is 1.28. The zero-order chi connectivity index (χ0) is 11.6. The first kappa shape index (κ1) is 11.7. The standard InChI is InChI=1S/C8H10FNO4S/c1-10-4-6(5-15(9,12)13)3-7(10)8(11)14-2/h3-4H,5H2,1-2H3. The molecule has 1 aromatic heterocycles. The second-order valence-electron chi connectivity index (χ2n) is 3.02. The van der Waals surface area contributed by atoms with Crippen molar-refractivity contribution >= 4 is 16.2 Å². The van der Waals surface area contributed by atoms with Crippen LogP contribution < -0.4 is 0 Å². The minimum absolute atomic E-state index is 0.177. The fourth-order valence-electron chi connectivity index (χ4n) is 1.22. The van der Waals surface area contributed by atoms with Gasteiger partial charge in [0.2, 0.25) is 0 Å². The van der Waals surface area contributed by atoms with E-state index in [0.717, 1.165) is 0 Å². The number of carbonyl (C=O) groups is 1. The fraction of sp³-hybridized carbons (Fsp3) is 0.375. The van der Waals surface area contributed by atoms with Crippen LogP contribution in [0.1, 0.15) is 16.1 Å². The van der Waals surface area contributed by atoms with E-state index in [1.807, 2.05) is 0 Å². The zero-order valence-electron chi connectivity index (χ0n) is 8.23. The first-order chi connectivity index (χ1) is 6.83. The van der Waals surface area contributed by atoms with Gasteiger partial charge in [-0.05, 0) is 11.6 Å². The van der Waals surface area contributed by atoms with Gasteiger partial charge in [-0.3, -0.25) is 0 Å². The topological polar surface area (TPSA) is 65.4 Å². The quantitative estimate of drug-likeness (QED) is 0.568. The number of ether oxygens (including phenoxy) is 1. The van der Waals surface area contributed by atoms with Crippen molar-refractivity contribution in [1.82, 2.24) is 4.57 Å². The van der Waals surface area contributed by atoms with Crippen molar-refractivity contribution in [2.45, 2.75) is 5.75 Å². The number of aromatic nitrogens is 1. The van der Waals surface area contributed by atoms with Crippen molar-refractivity contribution in [3.05, 3.63) is 23.5 Å². The molecule has 0 radical (unpaired) electrons. The molecule has 7 heteroatoms. The Morgan fingerprint density at radius 1 is 1.60 bits per heavy atom. The summed E-state index contributed by atoms with van der Waals surface area (Å²) in [5, 5.41) is 0. The van der Waals surface area contributed by atoms with Crippen molar-refractivity contribution in [3.63, 3.8) is 0 Å². The molecule has 0 unspecified atom stereocenters. The monoisotopic (exact) mass is 235 g/mol. The molecule has 0 aromatic carbocycles. The number of aryl methyl sites for hydroxylation is 1. The third-order valence-corrected chi connectivity index (χ3v) is 2.47. The SMILES string of the molecule is COC(=O)c1cc(CS(=O)(=O)F)cn1C. The van der Waals surface area contributed by atoms with E-state index in [2.05, 4.69) is 4.74 Å². The molecule has 0 bridgehead atoms. The van der Waals surface area contributed by atoms with Crippen LogP contribution in [0.5, 0.6) is 0 Å². The lowest BCUT2D eigenvalue weighted by Gasteiger charge is -1.98. The molecule has 1 heterocycles. The van der Waals surface area contributed by atoms with Crippen LogP contribution in [0, 0.1) is 0 Å². The Morgan fingerprint density at radius 3 is 2.67 bits per heavy atom.